The highest BCUT2D eigenvalue weighted by atomic mass is 16.5. The second kappa shape index (κ2) is 8.82. The van der Waals surface area contributed by atoms with Crippen molar-refractivity contribution in [2.45, 2.75) is 26.5 Å². The molecule has 0 heterocycles. The predicted octanol–water partition coefficient (Wildman–Crippen LogP) is 3.18. The van der Waals surface area contributed by atoms with Crippen molar-refractivity contribution in [1.82, 2.24) is 5.32 Å². The molecule has 2 aromatic rings. The van der Waals surface area contributed by atoms with Crippen molar-refractivity contribution >= 4 is 5.91 Å². The maximum Gasteiger partial charge on any atom is 0.261 e. The third kappa shape index (κ3) is 5.19. The van der Waals surface area contributed by atoms with Crippen molar-refractivity contribution in [1.29, 1.82) is 0 Å². The first-order valence-corrected chi connectivity index (χ1v) is 7.92. The molecule has 1 N–H and O–H groups in total. The molecule has 5 heteroatoms. The minimum absolute atomic E-state index is 0.173. The van der Waals surface area contributed by atoms with Crippen LogP contribution in [0.3, 0.4) is 0 Å². The van der Waals surface area contributed by atoms with E-state index in [0.29, 0.717) is 18.9 Å². The normalized spacial score (nSPS) is 11.5. The second-order valence-electron chi connectivity index (χ2n) is 5.23. The van der Waals surface area contributed by atoms with Crippen LogP contribution < -0.4 is 19.5 Å². The van der Waals surface area contributed by atoms with Gasteiger partial charge >= 0.3 is 0 Å². The number of ether oxygens (including phenoxy) is 3. The zero-order valence-electron chi connectivity index (χ0n) is 14.2. The van der Waals surface area contributed by atoms with Gasteiger partial charge in [0.2, 0.25) is 0 Å². The van der Waals surface area contributed by atoms with E-state index in [0.717, 1.165) is 17.1 Å². The Morgan fingerprint density at radius 2 is 1.79 bits per heavy atom. The Labute approximate surface area is 142 Å². The van der Waals surface area contributed by atoms with Crippen LogP contribution in [0.5, 0.6) is 17.2 Å². The maximum atomic E-state index is 12.2. The van der Waals surface area contributed by atoms with Gasteiger partial charge in [0.25, 0.3) is 5.91 Å². The number of amides is 1. The fourth-order valence-corrected chi connectivity index (χ4v) is 2.16. The molecule has 0 aromatic heterocycles. The average Bonchev–Trinajstić information content (AvgIpc) is 2.61. The standard InChI is InChI=1S/C19H23NO4/c1-4-23-18-7-5-6-15(12-18)13-20-19(21)14(2)24-17-10-8-16(22-3)9-11-17/h5-12,14H,4,13H2,1-3H3,(H,20,21)/t14-/m1/s1. The molecule has 0 spiro atoms. The van der Waals surface area contributed by atoms with Gasteiger partial charge in [-0.1, -0.05) is 12.1 Å². The molecule has 0 aliphatic heterocycles. The molecule has 24 heavy (non-hydrogen) atoms. The van der Waals surface area contributed by atoms with Crippen LogP contribution in [-0.2, 0) is 11.3 Å². The lowest BCUT2D eigenvalue weighted by Gasteiger charge is -2.15. The van der Waals surface area contributed by atoms with Crippen molar-refractivity contribution < 1.29 is 19.0 Å². The number of hydrogen-bond donors (Lipinski definition) is 1. The Balaban J connectivity index is 1.85. The molecule has 0 saturated carbocycles. The van der Waals surface area contributed by atoms with E-state index in [1.807, 2.05) is 31.2 Å². The van der Waals surface area contributed by atoms with E-state index in [1.165, 1.54) is 0 Å². The highest BCUT2D eigenvalue weighted by Gasteiger charge is 2.14. The fourth-order valence-electron chi connectivity index (χ4n) is 2.16. The Hall–Kier alpha value is -2.69. The van der Waals surface area contributed by atoms with Gasteiger partial charge in [-0.15, -0.1) is 0 Å². The quantitative estimate of drug-likeness (QED) is 0.808. The van der Waals surface area contributed by atoms with Crippen LogP contribution in [0.1, 0.15) is 19.4 Å². The highest BCUT2D eigenvalue weighted by molar-refractivity contribution is 5.80. The van der Waals surface area contributed by atoms with Crippen LogP contribution in [0.2, 0.25) is 0 Å². The topological polar surface area (TPSA) is 56.8 Å². The van der Waals surface area contributed by atoms with E-state index in [2.05, 4.69) is 5.32 Å². The van der Waals surface area contributed by atoms with E-state index in [1.54, 1.807) is 38.3 Å². The van der Waals surface area contributed by atoms with Gasteiger partial charge in [0.15, 0.2) is 6.10 Å². The minimum Gasteiger partial charge on any atom is -0.497 e. The third-order valence-corrected chi connectivity index (χ3v) is 3.42. The summed E-state index contributed by atoms with van der Waals surface area (Å²) in [5.41, 5.74) is 0.978. The number of rotatable bonds is 8. The van der Waals surface area contributed by atoms with E-state index < -0.39 is 6.10 Å². The summed E-state index contributed by atoms with van der Waals surface area (Å²) in [7, 11) is 1.60. The zero-order chi connectivity index (χ0) is 17.4. The first-order chi connectivity index (χ1) is 11.6. The van der Waals surface area contributed by atoms with Gasteiger partial charge in [0.1, 0.15) is 17.2 Å². The maximum absolute atomic E-state index is 12.2. The molecular weight excluding hydrogens is 306 g/mol. The van der Waals surface area contributed by atoms with Crippen LogP contribution in [0.15, 0.2) is 48.5 Å². The summed E-state index contributed by atoms with van der Waals surface area (Å²) in [6.45, 7) is 4.70. The Bertz CT molecular complexity index is 655. The van der Waals surface area contributed by atoms with Gasteiger partial charge in [-0.05, 0) is 55.8 Å². The zero-order valence-corrected chi connectivity index (χ0v) is 14.2. The molecule has 0 aliphatic rings. The van der Waals surface area contributed by atoms with Gasteiger partial charge in [0, 0.05) is 6.54 Å². The molecule has 1 atom stereocenters. The van der Waals surface area contributed by atoms with Crippen LogP contribution in [0, 0.1) is 0 Å². The Kier molecular flexibility index (Phi) is 6.49. The van der Waals surface area contributed by atoms with Gasteiger partial charge in [-0.25, -0.2) is 0 Å². The fraction of sp³-hybridized carbons (Fsp3) is 0.316. The van der Waals surface area contributed by atoms with Crippen molar-refractivity contribution in [3.8, 4) is 17.2 Å². The molecule has 1 amide bonds. The second-order valence-corrected chi connectivity index (χ2v) is 5.23. The first-order valence-electron chi connectivity index (χ1n) is 7.92. The number of carbonyl (C=O) groups excluding carboxylic acids is 1. The summed E-state index contributed by atoms with van der Waals surface area (Å²) in [6.07, 6.45) is -0.589. The number of methoxy groups -OCH3 is 1. The number of nitrogens with one attached hydrogen (secondary N) is 1. The lowest BCUT2D eigenvalue weighted by Crippen LogP contribution is -2.35. The van der Waals surface area contributed by atoms with Crippen LogP contribution in [-0.4, -0.2) is 25.7 Å². The molecule has 0 fully saturated rings. The molecule has 0 radical (unpaired) electrons. The highest BCUT2D eigenvalue weighted by Crippen LogP contribution is 2.18. The molecule has 0 bridgehead atoms. The summed E-state index contributed by atoms with van der Waals surface area (Å²) in [5, 5.41) is 2.87. The van der Waals surface area contributed by atoms with Crippen molar-refractivity contribution in [2.75, 3.05) is 13.7 Å². The summed E-state index contributed by atoms with van der Waals surface area (Å²) < 4.78 is 16.2. The van der Waals surface area contributed by atoms with E-state index in [9.17, 15) is 4.79 Å². The monoisotopic (exact) mass is 329 g/mol. The third-order valence-electron chi connectivity index (χ3n) is 3.42. The molecular formula is C19H23NO4. The van der Waals surface area contributed by atoms with E-state index >= 15 is 0 Å². The molecule has 2 rings (SSSR count). The summed E-state index contributed by atoms with van der Waals surface area (Å²) in [5.74, 6) is 1.99. The number of benzene rings is 2. The van der Waals surface area contributed by atoms with Crippen molar-refractivity contribution in [3.05, 3.63) is 54.1 Å². The Morgan fingerprint density at radius 1 is 1.08 bits per heavy atom. The van der Waals surface area contributed by atoms with Crippen LogP contribution in [0.4, 0.5) is 0 Å². The first kappa shape index (κ1) is 17.7. The smallest absolute Gasteiger partial charge is 0.261 e. The van der Waals surface area contributed by atoms with Gasteiger partial charge in [-0.2, -0.15) is 0 Å². The minimum atomic E-state index is -0.589. The van der Waals surface area contributed by atoms with Crippen molar-refractivity contribution in [2.24, 2.45) is 0 Å². The molecule has 128 valence electrons. The van der Waals surface area contributed by atoms with E-state index in [-0.39, 0.29) is 5.91 Å². The molecule has 5 nitrogen and oxygen atoms in total. The van der Waals surface area contributed by atoms with Gasteiger partial charge in [0.05, 0.1) is 13.7 Å². The van der Waals surface area contributed by atoms with Crippen molar-refractivity contribution in [3.63, 3.8) is 0 Å². The molecule has 0 aliphatic carbocycles. The van der Waals surface area contributed by atoms with Gasteiger partial charge < -0.3 is 19.5 Å². The predicted molar refractivity (Wildman–Crippen MR) is 92.5 cm³/mol. The van der Waals surface area contributed by atoms with Crippen LogP contribution in [0.25, 0.3) is 0 Å². The summed E-state index contributed by atoms with van der Waals surface area (Å²) in [4.78, 5) is 12.2. The largest absolute Gasteiger partial charge is 0.497 e. The average molecular weight is 329 g/mol. The molecule has 0 saturated heterocycles. The number of carbonyl (C=O) groups is 1. The molecule has 0 unspecified atom stereocenters. The SMILES string of the molecule is CCOc1cccc(CNC(=O)[C@@H](C)Oc2ccc(OC)cc2)c1. The van der Waals surface area contributed by atoms with E-state index in [4.69, 9.17) is 14.2 Å². The lowest BCUT2D eigenvalue weighted by molar-refractivity contribution is -0.127. The molecule has 2 aromatic carbocycles. The van der Waals surface area contributed by atoms with Crippen LogP contribution >= 0.6 is 0 Å². The Morgan fingerprint density at radius 3 is 2.46 bits per heavy atom. The summed E-state index contributed by atoms with van der Waals surface area (Å²) >= 11 is 0. The lowest BCUT2D eigenvalue weighted by atomic mass is 10.2. The number of hydrogen-bond acceptors (Lipinski definition) is 4. The summed E-state index contributed by atoms with van der Waals surface area (Å²) in [6, 6.07) is 14.8. The van der Waals surface area contributed by atoms with Gasteiger partial charge in [-0.3, -0.25) is 4.79 Å².